The van der Waals surface area contributed by atoms with Crippen LogP contribution in [0.2, 0.25) is 5.02 Å². The predicted octanol–water partition coefficient (Wildman–Crippen LogP) is 2.63. The zero-order valence-electron chi connectivity index (χ0n) is 10.2. The van der Waals surface area contributed by atoms with Crippen molar-refractivity contribution in [2.75, 3.05) is 21.3 Å². The van der Waals surface area contributed by atoms with E-state index >= 15 is 0 Å². The van der Waals surface area contributed by atoms with Gasteiger partial charge in [-0.05, 0) is 6.07 Å². The van der Waals surface area contributed by atoms with E-state index in [2.05, 4.69) is 9.72 Å². The maximum absolute atomic E-state index is 11.5. The number of methoxy groups -OCH3 is 3. The van der Waals surface area contributed by atoms with Crippen molar-refractivity contribution in [2.24, 2.45) is 0 Å². The van der Waals surface area contributed by atoms with Crippen LogP contribution in [0.5, 0.6) is 11.5 Å². The molecule has 0 saturated carbocycles. The molecule has 1 aromatic carbocycles. The lowest BCUT2D eigenvalue weighted by atomic mass is 10.2. The first-order chi connectivity index (χ1) is 8.62. The highest BCUT2D eigenvalue weighted by Gasteiger charge is 2.17. The minimum Gasteiger partial charge on any atom is -0.496 e. The van der Waals surface area contributed by atoms with E-state index in [1.165, 1.54) is 21.3 Å². The quantitative estimate of drug-likeness (QED) is 0.870. The lowest BCUT2D eigenvalue weighted by molar-refractivity contribution is 0.0595. The largest absolute Gasteiger partial charge is 0.496 e. The first kappa shape index (κ1) is 12.6. The van der Waals surface area contributed by atoms with Crippen LogP contribution in [-0.2, 0) is 4.74 Å². The van der Waals surface area contributed by atoms with Crippen molar-refractivity contribution in [1.82, 2.24) is 4.98 Å². The normalized spacial score (nSPS) is 10.4. The maximum Gasteiger partial charge on any atom is 0.354 e. The van der Waals surface area contributed by atoms with E-state index < -0.39 is 5.97 Å². The highest BCUT2D eigenvalue weighted by atomic mass is 35.5. The second kappa shape index (κ2) is 4.78. The van der Waals surface area contributed by atoms with Crippen molar-refractivity contribution in [2.45, 2.75) is 0 Å². The molecular formula is C12H12ClNO4. The molecule has 0 amide bonds. The summed E-state index contributed by atoms with van der Waals surface area (Å²) >= 11 is 6.17. The average Bonchev–Trinajstić information content (AvgIpc) is 2.84. The van der Waals surface area contributed by atoms with Crippen LogP contribution in [0.1, 0.15) is 10.5 Å². The van der Waals surface area contributed by atoms with Crippen LogP contribution >= 0.6 is 11.6 Å². The summed E-state index contributed by atoms with van der Waals surface area (Å²) in [5.74, 6) is 0.570. The zero-order chi connectivity index (χ0) is 13.3. The van der Waals surface area contributed by atoms with Gasteiger partial charge in [0.15, 0.2) is 0 Å². The predicted molar refractivity (Wildman–Crippen MR) is 67.8 cm³/mol. The number of hydrogen-bond donors (Lipinski definition) is 1. The number of halogens is 1. The molecule has 0 atom stereocenters. The van der Waals surface area contributed by atoms with E-state index in [0.29, 0.717) is 33.1 Å². The molecule has 0 saturated heterocycles. The van der Waals surface area contributed by atoms with E-state index in [1.807, 2.05) is 0 Å². The summed E-state index contributed by atoms with van der Waals surface area (Å²) in [5, 5.41) is 1.09. The number of nitrogens with one attached hydrogen (secondary N) is 1. The minimum absolute atomic E-state index is 0.306. The van der Waals surface area contributed by atoms with Gasteiger partial charge in [0.2, 0.25) is 0 Å². The molecule has 0 spiro atoms. The van der Waals surface area contributed by atoms with Crippen LogP contribution in [0.4, 0.5) is 0 Å². The monoisotopic (exact) mass is 269 g/mol. The molecule has 96 valence electrons. The molecule has 0 bridgehead atoms. The number of esters is 1. The average molecular weight is 270 g/mol. The number of carbonyl (C=O) groups excluding carboxylic acids is 1. The Bertz CT molecular complexity index is 606. The fourth-order valence-corrected chi connectivity index (χ4v) is 2.02. The van der Waals surface area contributed by atoms with E-state index in [0.717, 1.165) is 0 Å². The second-order valence-corrected chi connectivity index (χ2v) is 3.94. The first-order valence-electron chi connectivity index (χ1n) is 5.13. The third-order valence-corrected chi connectivity index (χ3v) is 3.00. The van der Waals surface area contributed by atoms with Crippen molar-refractivity contribution in [3.8, 4) is 11.5 Å². The van der Waals surface area contributed by atoms with Crippen LogP contribution in [0.15, 0.2) is 12.1 Å². The Hall–Kier alpha value is -1.88. The van der Waals surface area contributed by atoms with E-state index in [-0.39, 0.29) is 0 Å². The molecule has 6 heteroatoms. The van der Waals surface area contributed by atoms with Gasteiger partial charge in [0, 0.05) is 11.5 Å². The van der Waals surface area contributed by atoms with Gasteiger partial charge in [0.1, 0.15) is 22.2 Å². The molecule has 18 heavy (non-hydrogen) atoms. The fraction of sp³-hybridized carbons (Fsp3) is 0.250. The van der Waals surface area contributed by atoms with Crippen LogP contribution in [0, 0.1) is 0 Å². The van der Waals surface area contributed by atoms with Gasteiger partial charge in [-0.3, -0.25) is 0 Å². The van der Waals surface area contributed by atoms with Crippen molar-refractivity contribution in [3.05, 3.63) is 22.8 Å². The number of aromatic amines is 1. The number of hydrogen-bond acceptors (Lipinski definition) is 4. The molecule has 1 N–H and O–H groups in total. The molecule has 5 nitrogen and oxygen atoms in total. The number of carbonyl (C=O) groups is 1. The van der Waals surface area contributed by atoms with Crippen LogP contribution < -0.4 is 9.47 Å². The van der Waals surface area contributed by atoms with Crippen LogP contribution in [-0.4, -0.2) is 32.3 Å². The Kier molecular flexibility index (Phi) is 3.34. The van der Waals surface area contributed by atoms with Gasteiger partial charge in [-0.25, -0.2) is 4.79 Å². The van der Waals surface area contributed by atoms with Crippen molar-refractivity contribution >= 4 is 28.5 Å². The number of rotatable bonds is 3. The number of fused-ring (bicyclic) bond motifs is 1. The van der Waals surface area contributed by atoms with Gasteiger partial charge < -0.3 is 19.2 Å². The standard InChI is InChI=1S/C12H12ClNO4/c1-16-8-5-9(17-2)10(13)11-6(8)4-7(14-11)12(15)18-3/h4-5,14H,1-3H3. The summed E-state index contributed by atoms with van der Waals surface area (Å²) in [7, 11) is 4.36. The number of benzene rings is 1. The van der Waals surface area contributed by atoms with Gasteiger partial charge in [0.05, 0.1) is 26.8 Å². The fourth-order valence-electron chi connectivity index (χ4n) is 1.74. The van der Waals surface area contributed by atoms with E-state index in [4.69, 9.17) is 21.1 Å². The SMILES string of the molecule is COC(=O)c1cc2c(OC)cc(OC)c(Cl)c2[nH]1. The van der Waals surface area contributed by atoms with Gasteiger partial charge in [-0.1, -0.05) is 11.6 Å². The molecule has 0 aliphatic rings. The van der Waals surface area contributed by atoms with Crippen molar-refractivity contribution in [1.29, 1.82) is 0 Å². The summed E-state index contributed by atoms with van der Waals surface area (Å²) < 4.78 is 15.0. The number of H-pyrrole nitrogens is 1. The Balaban J connectivity index is 2.73. The van der Waals surface area contributed by atoms with Crippen molar-refractivity contribution in [3.63, 3.8) is 0 Å². The molecule has 1 aromatic heterocycles. The summed E-state index contributed by atoms with van der Waals surface area (Å²) in [6.45, 7) is 0. The molecular weight excluding hydrogens is 258 g/mol. The van der Waals surface area contributed by atoms with Gasteiger partial charge in [-0.2, -0.15) is 0 Å². The summed E-state index contributed by atoms with van der Waals surface area (Å²) in [4.78, 5) is 14.4. The number of ether oxygens (including phenoxy) is 3. The molecule has 0 aliphatic heterocycles. The molecule has 0 unspecified atom stereocenters. The molecule has 2 rings (SSSR count). The molecule has 0 aliphatic carbocycles. The summed E-state index contributed by atoms with van der Waals surface area (Å²) in [5.41, 5.74) is 0.884. The zero-order valence-corrected chi connectivity index (χ0v) is 10.9. The lowest BCUT2D eigenvalue weighted by Crippen LogP contribution is -2.00. The first-order valence-corrected chi connectivity index (χ1v) is 5.51. The van der Waals surface area contributed by atoms with Crippen LogP contribution in [0.25, 0.3) is 10.9 Å². The van der Waals surface area contributed by atoms with Gasteiger partial charge in [-0.15, -0.1) is 0 Å². The maximum atomic E-state index is 11.5. The number of aromatic nitrogens is 1. The Morgan fingerprint density at radius 3 is 2.39 bits per heavy atom. The van der Waals surface area contributed by atoms with Crippen molar-refractivity contribution < 1.29 is 19.0 Å². The molecule has 0 radical (unpaired) electrons. The molecule has 1 heterocycles. The van der Waals surface area contributed by atoms with E-state index in [1.54, 1.807) is 12.1 Å². The smallest absolute Gasteiger partial charge is 0.354 e. The van der Waals surface area contributed by atoms with Gasteiger partial charge in [0.25, 0.3) is 0 Å². The minimum atomic E-state index is -0.469. The highest BCUT2D eigenvalue weighted by molar-refractivity contribution is 6.37. The molecule has 0 fully saturated rings. The third-order valence-electron chi connectivity index (χ3n) is 2.63. The van der Waals surface area contributed by atoms with E-state index in [9.17, 15) is 4.79 Å². The summed E-state index contributed by atoms with van der Waals surface area (Å²) in [6.07, 6.45) is 0. The topological polar surface area (TPSA) is 60.6 Å². The highest BCUT2D eigenvalue weighted by Crippen LogP contribution is 2.39. The van der Waals surface area contributed by atoms with Crippen LogP contribution in [0.3, 0.4) is 0 Å². The van der Waals surface area contributed by atoms with Gasteiger partial charge >= 0.3 is 5.97 Å². The Morgan fingerprint density at radius 1 is 1.17 bits per heavy atom. The third kappa shape index (κ3) is 1.86. The molecule has 2 aromatic rings. The lowest BCUT2D eigenvalue weighted by Gasteiger charge is -2.07. The Labute approximate surface area is 109 Å². The second-order valence-electron chi connectivity index (χ2n) is 3.56. The summed E-state index contributed by atoms with van der Waals surface area (Å²) in [6, 6.07) is 3.30. The Morgan fingerprint density at radius 2 is 1.83 bits per heavy atom.